The van der Waals surface area contributed by atoms with E-state index < -0.39 is 0 Å². The number of benzene rings is 6. The fraction of sp³-hybridized carbons (Fsp3) is 0.0286. The summed E-state index contributed by atoms with van der Waals surface area (Å²) in [6.07, 6.45) is 5.33. The molecule has 0 spiro atoms. The van der Waals surface area contributed by atoms with Crippen molar-refractivity contribution in [3.63, 3.8) is 0 Å². The molecular formula is C35H23NO. The summed E-state index contributed by atoms with van der Waals surface area (Å²) in [5.41, 5.74) is 8.25. The fourth-order valence-electron chi connectivity index (χ4n) is 5.97. The van der Waals surface area contributed by atoms with Crippen LogP contribution >= 0.6 is 0 Å². The molecule has 1 aliphatic heterocycles. The second-order valence-corrected chi connectivity index (χ2v) is 9.73. The summed E-state index contributed by atoms with van der Waals surface area (Å²) in [5.74, 6) is 1.84. The lowest BCUT2D eigenvalue weighted by Crippen LogP contribution is -2.17. The summed E-state index contributed by atoms with van der Waals surface area (Å²) < 4.78 is 6.61. The van der Waals surface area contributed by atoms with Gasteiger partial charge in [-0.2, -0.15) is 0 Å². The van der Waals surface area contributed by atoms with Crippen molar-refractivity contribution >= 4 is 44.7 Å². The highest BCUT2D eigenvalue weighted by Crippen LogP contribution is 2.54. The first-order valence-corrected chi connectivity index (χ1v) is 12.8. The maximum absolute atomic E-state index is 6.61. The molecule has 2 nitrogen and oxygen atoms in total. The van der Waals surface area contributed by atoms with E-state index in [1.165, 1.54) is 43.8 Å². The van der Waals surface area contributed by atoms with Gasteiger partial charge in [0.1, 0.15) is 0 Å². The molecule has 2 heteroatoms. The van der Waals surface area contributed by atoms with Crippen molar-refractivity contribution in [1.29, 1.82) is 0 Å². The molecule has 0 unspecified atom stereocenters. The number of fused-ring (bicyclic) bond motifs is 4. The number of hydrogen-bond acceptors (Lipinski definition) is 2. The smallest absolute Gasteiger partial charge is 0.155 e. The Morgan fingerprint density at radius 1 is 0.649 bits per heavy atom. The Balaban J connectivity index is 1.32. The Bertz CT molecular complexity index is 1880. The van der Waals surface area contributed by atoms with Crippen LogP contribution in [0.4, 0.5) is 17.1 Å². The molecular weight excluding hydrogens is 450 g/mol. The van der Waals surface area contributed by atoms with Gasteiger partial charge in [-0.1, -0.05) is 97.1 Å². The molecule has 8 rings (SSSR count). The van der Waals surface area contributed by atoms with Crippen LogP contribution in [0.15, 0.2) is 121 Å². The van der Waals surface area contributed by atoms with Gasteiger partial charge < -0.3 is 9.64 Å². The number of allylic oxidation sites excluding steroid dienone is 1. The van der Waals surface area contributed by atoms with Gasteiger partial charge >= 0.3 is 0 Å². The maximum atomic E-state index is 6.61. The van der Waals surface area contributed by atoms with Crippen molar-refractivity contribution in [3.8, 4) is 22.6 Å². The Labute approximate surface area is 215 Å². The molecule has 174 valence electrons. The van der Waals surface area contributed by atoms with Crippen LogP contribution in [0.3, 0.4) is 0 Å². The second-order valence-electron chi connectivity index (χ2n) is 9.73. The molecule has 0 radical (unpaired) electrons. The third-order valence-electron chi connectivity index (χ3n) is 7.63. The number of ether oxygens (including phenoxy) is 1. The molecule has 0 bridgehead atoms. The van der Waals surface area contributed by atoms with Crippen molar-refractivity contribution < 1.29 is 4.74 Å². The van der Waals surface area contributed by atoms with Crippen LogP contribution in [-0.4, -0.2) is 0 Å². The van der Waals surface area contributed by atoms with Crippen LogP contribution in [0.25, 0.3) is 38.7 Å². The van der Waals surface area contributed by atoms with Crippen LogP contribution in [-0.2, 0) is 6.42 Å². The molecule has 0 fully saturated rings. The van der Waals surface area contributed by atoms with E-state index in [4.69, 9.17) is 4.74 Å². The molecule has 0 atom stereocenters. The summed E-state index contributed by atoms with van der Waals surface area (Å²) in [7, 11) is 0. The van der Waals surface area contributed by atoms with Crippen LogP contribution < -0.4 is 9.64 Å². The van der Waals surface area contributed by atoms with Crippen molar-refractivity contribution in [2.45, 2.75) is 6.42 Å². The average molecular weight is 474 g/mol. The van der Waals surface area contributed by atoms with E-state index in [0.717, 1.165) is 35.0 Å². The first kappa shape index (κ1) is 20.4. The van der Waals surface area contributed by atoms with E-state index in [1.807, 2.05) is 6.07 Å². The molecule has 0 amide bonds. The second kappa shape index (κ2) is 7.84. The summed E-state index contributed by atoms with van der Waals surface area (Å²) in [6.45, 7) is 0. The monoisotopic (exact) mass is 473 g/mol. The number of anilines is 3. The number of para-hydroxylation sites is 2. The molecule has 0 saturated heterocycles. The lowest BCUT2D eigenvalue weighted by Gasteiger charge is -2.35. The third kappa shape index (κ3) is 3.06. The predicted molar refractivity (Wildman–Crippen MR) is 154 cm³/mol. The Hall–Kier alpha value is -4.82. The molecule has 0 aromatic heterocycles. The summed E-state index contributed by atoms with van der Waals surface area (Å²) >= 11 is 0. The van der Waals surface area contributed by atoms with Crippen molar-refractivity contribution in [3.05, 3.63) is 132 Å². The Morgan fingerprint density at radius 2 is 1.43 bits per heavy atom. The zero-order valence-corrected chi connectivity index (χ0v) is 20.2. The zero-order chi connectivity index (χ0) is 24.3. The van der Waals surface area contributed by atoms with Crippen molar-refractivity contribution in [1.82, 2.24) is 0 Å². The van der Waals surface area contributed by atoms with Crippen molar-refractivity contribution in [2.24, 2.45) is 0 Å². The molecule has 1 aliphatic carbocycles. The van der Waals surface area contributed by atoms with E-state index in [1.54, 1.807) is 0 Å². The molecule has 2 aliphatic rings. The molecule has 37 heavy (non-hydrogen) atoms. The number of nitrogens with zero attached hydrogens (tertiary/aromatic N) is 1. The van der Waals surface area contributed by atoms with Gasteiger partial charge in [-0.05, 0) is 75.0 Å². The van der Waals surface area contributed by atoms with Gasteiger partial charge in [-0.3, -0.25) is 0 Å². The minimum atomic E-state index is 0.868. The van der Waals surface area contributed by atoms with E-state index in [2.05, 4.69) is 126 Å². The highest BCUT2D eigenvalue weighted by molar-refractivity contribution is 6.03. The Kier molecular flexibility index (Phi) is 4.32. The van der Waals surface area contributed by atoms with Gasteiger partial charge in [0, 0.05) is 11.3 Å². The maximum Gasteiger partial charge on any atom is 0.155 e. The summed E-state index contributed by atoms with van der Waals surface area (Å²) in [6, 6.07) is 41.2. The molecule has 6 aromatic carbocycles. The fourth-order valence-corrected chi connectivity index (χ4v) is 5.97. The normalized spacial score (nSPS) is 13.4. The zero-order valence-electron chi connectivity index (χ0n) is 20.2. The molecule has 6 aromatic rings. The first-order chi connectivity index (χ1) is 18.3. The topological polar surface area (TPSA) is 12.5 Å². The molecule has 1 heterocycles. The van der Waals surface area contributed by atoms with E-state index in [-0.39, 0.29) is 0 Å². The summed E-state index contributed by atoms with van der Waals surface area (Å²) in [4.78, 5) is 2.35. The lowest BCUT2D eigenvalue weighted by atomic mass is 9.90. The van der Waals surface area contributed by atoms with Crippen LogP contribution in [0.2, 0.25) is 0 Å². The highest BCUT2D eigenvalue weighted by Gasteiger charge is 2.29. The largest absolute Gasteiger partial charge is 0.453 e. The van der Waals surface area contributed by atoms with Gasteiger partial charge in [-0.15, -0.1) is 0 Å². The molecule has 0 N–H and O–H groups in total. The van der Waals surface area contributed by atoms with E-state index in [0.29, 0.717) is 0 Å². The van der Waals surface area contributed by atoms with Crippen LogP contribution in [0, 0.1) is 0 Å². The van der Waals surface area contributed by atoms with Gasteiger partial charge in [0.25, 0.3) is 0 Å². The van der Waals surface area contributed by atoms with E-state index in [9.17, 15) is 0 Å². The van der Waals surface area contributed by atoms with Crippen LogP contribution in [0.1, 0.15) is 11.1 Å². The minimum Gasteiger partial charge on any atom is -0.453 e. The highest BCUT2D eigenvalue weighted by atomic mass is 16.5. The van der Waals surface area contributed by atoms with Gasteiger partial charge in [0.15, 0.2) is 11.5 Å². The minimum absolute atomic E-state index is 0.868. The predicted octanol–water partition coefficient (Wildman–Crippen LogP) is 9.80. The lowest BCUT2D eigenvalue weighted by molar-refractivity contribution is 0.473. The SMILES string of the molecule is C1=Cc2cccc3cc4c(c(c23)C1)Oc1ccccc1N4c1ccc(-c2cccc3ccccc23)cc1. The summed E-state index contributed by atoms with van der Waals surface area (Å²) in [5, 5.41) is 5.08. The quantitative estimate of drug-likeness (QED) is 0.248. The van der Waals surface area contributed by atoms with Gasteiger partial charge in [0.05, 0.1) is 11.4 Å². The van der Waals surface area contributed by atoms with Crippen LogP contribution in [0.5, 0.6) is 11.5 Å². The molecule has 0 saturated carbocycles. The first-order valence-electron chi connectivity index (χ1n) is 12.8. The van der Waals surface area contributed by atoms with Gasteiger partial charge in [0.2, 0.25) is 0 Å². The third-order valence-corrected chi connectivity index (χ3v) is 7.63. The Morgan fingerprint density at radius 3 is 2.38 bits per heavy atom. The number of rotatable bonds is 2. The standard InChI is InChI=1S/C35H23NO/c1-2-13-28-23(8-1)9-6-14-29(28)24-18-20-27(21-19-24)36-31-16-3-4-17-33(31)37-35-30-15-7-11-25-10-5-12-26(34(25)30)22-32(35)36/h1-14,16-22H,15H2. The average Bonchev–Trinajstić information content (AvgIpc) is 2.96. The van der Waals surface area contributed by atoms with E-state index >= 15 is 0 Å². The number of hydrogen-bond donors (Lipinski definition) is 0. The van der Waals surface area contributed by atoms with Crippen molar-refractivity contribution in [2.75, 3.05) is 4.90 Å². The van der Waals surface area contributed by atoms with Gasteiger partial charge in [-0.25, -0.2) is 0 Å².